The minimum absolute atomic E-state index is 0.0172. The van der Waals surface area contributed by atoms with Crippen LogP contribution in [-0.4, -0.2) is 18.4 Å². The number of benzene rings is 2. The first-order valence-electron chi connectivity index (χ1n) is 8.50. The van der Waals surface area contributed by atoms with E-state index in [-0.39, 0.29) is 18.2 Å². The highest BCUT2D eigenvalue weighted by Gasteiger charge is 2.06. The first-order chi connectivity index (χ1) is 12.0. The normalized spacial score (nSPS) is 10.6. The standard InChI is InChI=1S/C21H24O4/c1-15(2)17-6-10-19(11-7-17)24-14-4-5-21(23)25-20-12-8-18(9-13-20)16(3)22/h6-13,15H,4-5,14H2,1-3H3. The van der Waals surface area contributed by atoms with Gasteiger partial charge in [0.05, 0.1) is 6.61 Å². The van der Waals surface area contributed by atoms with Crippen LogP contribution in [0.3, 0.4) is 0 Å². The molecule has 0 fully saturated rings. The van der Waals surface area contributed by atoms with Crippen molar-refractivity contribution < 1.29 is 19.1 Å². The molecule has 0 saturated heterocycles. The lowest BCUT2D eigenvalue weighted by Crippen LogP contribution is -2.10. The second-order valence-electron chi connectivity index (χ2n) is 6.23. The minimum Gasteiger partial charge on any atom is -0.494 e. The lowest BCUT2D eigenvalue weighted by atomic mass is 10.0. The van der Waals surface area contributed by atoms with Crippen molar-refractivity contribution in [3.63, 3.8) is 0 Å². The van der Waals surface area contributed by atoms with Gasteiger partial charge in [-0.3, -0.25) is 9.59 Å². The molecule has 0 spiro atoms. The van der Waals surface area contributed by atoms with Gasteiger partial charge < -0.3 is 9.47 Å². The predicted molar refractivity (Wildman–Crippen MR) is 97.3 cm³/mol. The lowest BCUT2D eigenvalue weighted by molar-refractivity contribution is -0.134. The third-order valence-corrected chi connectivity index (χ3v) is 3.83. The highest BCUT2D eigenvalue weighted by molar-refractivity contribution is 5.94. The average molecular weight is 340 g/mol. The maximum Gasteiger partial charge on any atom is 0.311 e. The average Bonchev–Trinajstić information content (AvgIpc) is 2.59. The number of esters is 1. The highest BCUT2D eigenvalue weighted by Crippen LogP contribution is 2.19. The first-order valence-corrected chi connectivity index (χ1v) is 8.50. The molecule has 2 aromatic carbocycles. The summed E-state index contributed by atoms with van der Waals surface area (Å²) in [4.78, 5) is 23.0. The van der Waals surface area contributed by atoms with E-state index < -0.39 is 0 Å². The molecule has 4 nitrogen and oxygen atoms in total. The number of ketones is 1. The van der Waals surface area contributed by atoms with Gasteiger partial charge in [0.15, 0.2) is 5.78 Å². The van der Waals surface area contributed by atoms with Crippen molar-refractivity contribution in [1.29, 1.82) is 0 Å². The lowest BCUT2D eigenvalue weighted by Gasteiger charge is -2.09. The second kappa shape index (κ2) is 9.02. The van der Waals surface area contributed by atoms with Gasteiger partial charge in [-0.05, 0) is 61.2 Å². The number of carbonyl (C=O) groups excluding carboxylic acids is 2. The molecule has 4 heteroatoms. The maximum absolute atomic E-state index is 11.8. The maximum atomic E-state index is 11.8. The van der Waals surface area contributed by atoms with Crippen molar-refractivity contribution in [2.24, 2.45) is 0 Å². The first kappa shape index (κ1) is 18.7. The van der Waals surface area contributed by atoms with Crippen LogP contribution in [0.5, 0.6) is 11.5 Å². The van der Waals surface area contributed by atoms with Gasteiger partial charge in [0.25, 0.3) is 0 Å². The highest BCUT2D eigenvalue weighted by atomic mass is 16.5. The SMILES string of the molecule is CC(=O)c1ccc(OC(=O)CCCOc2ccc(C(C)C)cc2)cc1. The Hall–Kier alpha value is -2.62. The van der Waals surface area contributed by atoms with Crippen molar-refractivity contribution in [2.75, 3.05) is 6.61 Å². The molecule has 0 heterocycles. The Bertz CT molecular complexity index is 700. The molecular formula is C21H24O4. The molecule has 0 unspecified atom stereocenters. The number of Topliss-reactive ketones (excluding diaryl/α,β-unsaturated/α-hetero) is 1. The van der Waals surface area contributed by atoms with E-state index in [1.807, 2.05) is 12.1 Å². The zero-order chi connectivity index (χ0) is 18.2. The summed E-state index contributed by atoms with van der Waals surface area (Å²) in [5.41, 5.74) is 1.86. The van der Waals surface area contributed by atoms with Crippen molar-refractivity contribution in [1.82, 2.24) is 0 Å². The van der Waals surface area contributed by atoms with Crippen LogP contribution in [0.1, 0.15) is 55.5 Å². The smallest absolute Gasteiger partial charge is 0.311 e. The Kier molecular flexibility index (Phi) is 6.75. The molecule has 0 bridgehead atoms. The summed E-state index contributed by atoms with van der Waals surface area (Å²) in [6.07, 6.45) is 0.856. The largest absolute Gasteiger partial charge is 0.494 e. The molecule has 0 saturated carbocycles. The molecule has 0 aliphatic carbocycles. The molecule has 0 radical (unpaired) electrons. The van der Waals surface area contributed by atoms with Gasteiger partial charge in [-0.2, -0.15) is 0 Å². The third-order valence-electron chi connectivity index (χ3n) is 3.83. The Labute approximate surface area is 148 Å². The summed E-state index contributed by atoms with van der Waals surface area (Å²) in [5, 5.41) is 0. The van der Waals surface area contributed by atoms with Gasteiger partial charge >= 0.3 is 5.97 Å². The predicted octanol–water partition coefficient (Wildman–Crippen LogP) is 4.78. The molecule has 0 atom stereocenters. The van der Waals surface area contributed by atoms with Crippen LogP contribution in [-0.2, 0) is 4.79 Å². The topological polar surface area (TPSA) is 52.6 Å². The Morgan fingerprint density at radius 3 is 2.08 bits per heavy atom. The molecule has 0 aromatic heterocycles. The summed E-state index contributed by atoms with van der Waals surface area (Å²) >= 11 is 0. The molecule has 2 aromatic rings. The Morgan fingerprint density at radius 2 is 1.52 bits per heavy atom. The van der Waals surface area contributed by atoms with E-state index in [0.29, 0.717) is 30.3 Å². The number of ether oxygens (including phenoxy) is 2. The fourth-order valence-corrected chi connectivity index (χ4v) is 2.30. The van der Waals surface area contributed by atoms with E-state index in [1.165, 1.54) is 12.5 Å². The van der Waals surface area contributed by atoms with Gasteiger partial charge in [-0.1, -0.05) is 26.0 Å². The summed E-state index contributed by atoms with van der Waals surface area (Å²) in [6, 6.07) is 14.6. The van der Waals surface area contributed by atoms with Crippen molar-refractivity contribution >= 4 is 11.8 Å². The van der Waals surface area contributed by atoms with E-state index in [1.54, 1.807) is 24.3 Å². The van der Waals surface area contributed by atoms with E-state index >= 15 is 0 Å². The van der Waals surface area contributed by atoms with Crippen molar-refractivity contribution in [3.8, 4) is 11.5 Å². The molecule has 2 rings (SSSR count). The second-order valence-corrected chi connectivity index (χ2v) is 6.23. The Balaban J connectivity index is 1.70. The van der Waals surface area contributed by atoms with Crippen molar-refractivity contribution in [3.05, 3.63) is 59.7 Å². The molecule has 0 amide bonds. The van der Waals surface area contributed by atoms with Gasteiger partial charge in [0.1, 0.15) is 11.5 Å². The Morgan fingerprint density at radius 1 is 0.920 bits per heavy atom. The summed E-state index contributed by atoms with van der Waals surface area (Å²) in [6.45, 7) is 6.25. The van der Waals surface area contributed by atoms with E-state index in [0.717, 1.165) is 5.75 Å². The van der Waals surface area contributed by atoms with E-state index in [2.05, 4.69) is 26.0 Å². The number of rotatable bonds is 8. The van der Waals surface area contributed by atoms with Crippen LogP contribution in [0.4, 0.5) is 0 Å². The molecule has 0 N–H and O–H groups in total. The van der Waals surface area contributed by atoms with Crippen LogP contribution in [0.15, 0.2) is 48.5 Å². The van der Waals surface area contributed by atoms with Gasteiger partial charge in [-0.25, -0.2) is 0 Å². The monoisotopic (exact) mass is 340 g/mol. The molecule has 0 aliphatic heterocycles. The molecular weight excluding hydrogens is 316 g/mol. The summed E-state index contributed by atoms with van der Waals surface area (Å²) in [5.74, 6) is 1.41. The van der Waals surface area contributed by atoms with E-state index in [4.69, 9.17) is 9.47 Å². The van der Waals surface area contributed by atoms with Gasteiger partial charge in [-0.15, -0.1) is 0 Å². The summed E-state index contributed by atoms with van der Waals surface area (Å²) in [7, 11) is 0. The molecule has 0 aliphatic rings. The number of hydrogen-bond donors (Lipinski definition) is 0. The summed E-state index contributed by atoms with van der Waals surface area (Å²) < 4.78 is 10.9. The van der Waals surface area contributed by atoms with Crippen LogP contribution in [0.25, 0.3) is 0 Å². The number of carbonyl (C=O) groups is 2. The van der Waals surface area contributed by atoms with Crippen molar-refractivity contribution in [2.45, 2.75) is 39.5 Å². The fourth-order valence-electron chi connectivity index (χ4n) is 2.30. The third kappa shape index (κ3) is 6.07. The van der Waals surface area contributed by atoms with E-state index in [9.17, 15) is 9.59 Å². The van der Waals surface area contributed by atoms with Crippen LogP contribution in [0, 0.1) is 0 Å². The van der Waals surface area contributed by atoms with Crippen LogP contribution < -0.4 is 9.47 Å². The quantitative estimate of drug-likeness (QED) is 0.300. The van der Waals surface area contributed by atoms with Crippen LogP contribution >= 0.6 is 0 Å². The fraction of sp³-hybridized carbons (Fsp3) is 0.333. The zero-order valence-electron chi connectivity index (χ0n) is 15.0. The van der Waals surface area contributed by atoms with Gasteiger partial charge in [0.2, 0.25) is 0 Å². The molecule has 132 valence electrons. The minimum atomic E-state index is -0.311. The zero-order valence-corrected chi connectivity index (χ0v) is 15.0. The number of hydrogen-bond acceptors (Lipinski definition) is 4. The van der Waals surface area contributed by atoms with Crippen LogP contribution in [0.2, 0.25) is 0 Å². The van der Waals surface area contributed by atoms with Gasteiger partial charge in [0, 0.05) is 12.0 Å². The molecule has 25 heavy (non-hydrogen) atoms.